The molecule has 1 atom stereocenters. The van der Waals surface area contributed by atoms with Crippen LogP contribution in [0.3, 0.4) is 0 Å². The quantitative estimate of drug-likeness (QED) is 0.707. The molecule has 3 nitrogen and oxygen atoms in total. The Kier molecular flexibility index (Phi) is 4.86. The zero-order valence-corrected chi connectivity index (χ0v) is 12.0. The zero-order valence-electron chi connectivity index (χ0n) is 12.0. The van der Waals surface area contributed by atoms with E-state index in [4.69, 9.17) is 4.74 Å². The fraction of sp³-hybridized carbons (Fsp3) is 0.923. The van der Waals surface area contributed by atoms with Crippen LogP contribution in [0.2, 0.25) is 0 Å². The van der Waals surface area contributed by atoms with Crippen molar-refractivity contribution in [2.45, 2.75) is 57.7 Å². The van der Waals surface area contributed by atoms with E-state index in [1.54, 1.807) is 13.8 Å². The first-order chi connectivity index (χ1) is 8.87. The van der Waals surface area contributed by atoms with E-state index in [0.29, 0.717) is 6.42 Å². The Labute approximate surface area is 115 Å². The van der Waals surface area contributed by atoms with Crippen LogP contribution in [-0.2, 0) is 14.3 Å². The normalized spacial score (nSPS) is 25.1. The molecule has 118 valence electrons. The minimum Gasteiger partial charge on any atom is -0.369 e. The highest BCUT2D eigenvalue weighted by Gasteiger charge is 2.49. The van der Waals surface area contributed by atoms with E-state index >= 15 is 0 Å². The molecule has 0 aromatic carbocycles. The predicted octanol–water partition coefficient (Wildman–Crippen LogP) is 3.07. The summed E-state index contributed by atoms with van der Waals surface area (Å²) in [6.07, 6.45) is -3.37. The molecule has 1 unspecified atom stereocenters. The number of hydrogen-bond acceptors (Lipinski definition) is 3. The third-order valence-corrected chi connectivity index (χ3v) is 3.32. The van der Waals surface area contributed by atoms with E-state index in [9.17, 15) is 22.4 Å². The number of halogens is 4. The molecule has 1 aliphatic rings. The van der Waals surface area contributed by atoms with Crippen molar-refractivity contribution < 1.29 is 31.8 Å². The smallest absolute Gasteiger partial charge is 0.330 e. The number of Topliss-reactive ketones (excluding diaryl/α,β-unsaturated/α-hetero) is 1. The van der Waals surface area contributed by atoms with Crippen LogP contribution in [0, 0.1) is 5.92 Å². The van der Waals surface area contributed by atoms with Crippen LogP contribution >= 0.6 is 0 Å². The summed E-state index contributed by atoms with van der Waals surface area (Å²) in [5, 5.41) is 0. The average Bonchev–Trinajstić information content (AvgIpc) is 2.46. The molecule has 1 rings (SSSR count). The van der Waals surface area contributed by atoms with Crippen LogP contribution < -0.4 is 0 Å². The topological polar surface area (TPSA) is 35.5 Å². The molecule has 0 aromatic rings. The second-order valence-electron chi connectivity index (χ2n) is 6.24. The summed E-state index contributed by atoms with van der Waals surface area (Å²) < 4.78 is 59.3. The Morgan fingerprint density at radius 1 is 1.35 bits per heavy atom. The highest BCUT2D eigenvalue weighted by molar-refractivity contribution is 5.83. The van der Waals surface area contributed by atoms with Crippen molar-refractivity contribution in [3.05, 3.63) is 0 Å². The summed E-state index contributed by atoms with van der Waals surface area (Å²) in [5.41, 5.74) is -1.22. The fourth-order valence-corrected chi connectivity index (χ4v) is 2.52. The summed E-state index contributed by atoms with van der Waals surface area (Å²) in [7, 11) is 0. The van der Waals surface area contributed by atoms with Gasteiger partial charge in [-0.1, -0.05) is 0 Å². The van der Waals surface area contributed by atoms with Gasteiger partial charge in [-0.15, -0.1) is 0 Å². The van der Waals surface area contributed by atoms with Gasteiger partial charge >= 0.3 is 12.3 Å². The van der Waals surface area contributed by atoms with Crippen LogP contribution in [0.5, 0.6) is 0 Å². The van der Waals surface area contributed by atoms with E-state index in [1.165, 1.54) is 0 Å². The highest BCUT2D eigenvalue weighted by atomic mass is 19.3. The molecule has 7 heteroatoms. The lowest BCUT2D eigenvalue weighted by Gasteiger charge is -2.26. The second-order valence-corrected chi connectivity index (χ2v) is 6.24. The van der Waals surface area contributed by atoms with Crippen molar-refractivity contribution in [2.24, 2.45) is 5.92 Å². The van der Waals surface area contributed by atoms with Gasteiger partial charge in [-0.2, -0.15) is 8.78 Å². The van der Waals surface area contributed by atoms with Crippen LogP contribution in [-0.4, -0.2) is 42.5 Å². The van der Waals surface area contributed by atoms with Crippen molar-refractivity contribution in [3.8, 4) is 0 Å². The van der Waals surface area contributed by atoms with Crippen LogP contribution in [0.15, 0.2) is 0 Å². The molecule has 1 saturated heterocycles. The predicted molar refractivity (Wildman–Crippen MR) is 64.1 cm³/mol. The van der Waals surface area contributed by atoms with Crippen molar-refractivity contribution in [3.63, 3.8) is 0 Å². The summed E-state index contributed by atoms with van der Waals surface area (Å²) in [4.78, 5) is 12.0. The molecule has 0 spiro atoms. The first kappa shape index (κ1) is 17.4. The molecule has 0 aliphatic carbocycles. The van der Waals surface area contributed by atoms with Gasteiger partial charge in [0.2, 0.25) is 0 Å². The molecular formula is C13H20F4O3. The number of carbonyl (C=O) groups excluding carboxylic acids is 1. The van der Waals surface area contributed by atoms with Gasteiger partial charge in [-0.25, -0.2) is 8.78 Å². The fourth-order valence-electron chi connectivity index (χ4n) is 2.52. The van der Waals surface area contributed by atoms with Gasteiger partial charge in [0.25, 0.3) is 0 Å². The van der Waals surface area contributed by atoms with Gasteiger partial charge in [0.1, 0.15) is 13.2 Å². The maximum atomic E-state index is 12.6. The largest absolute Gasteiger partial charge is 0.369 e. The van der Waals surface area contributed by atoms with Gasteiger partial charge in [0.05, 0.1) is 17.1 Å². The van der Waals surface area contributed by atoms with E-state index in [-0.39, 0.29) is 0 Å². The Morgan fingerprint density at radius 2 is 1.90 bits per heavy atom. The first-order valence-electron chi connectivity index (χ1n) is 6.34. The summed E-state index contributed by atoms with van der Waals surface area (Å²) >= 11 is 0. The molecule has 1 aliphatic heterocycles. The third-order valence-electron chi connectivity index (χ3n) is 3.32. The monoisotopic (exact) mass is 300 g/mol. The second kappa shape index (κ2) is 5.60. The van der Waals surface area contributed by atoms with Gasteiger partial charge in [0.15, 0.2) is 5.78 Å². The molecule has 0 N–H and O–H groups in total. The lowest BCUT2D eigenvalue weighted by molar-refractivity contribution is -0.169. The Balaban J connectivity index is 2.52. The van der Waals surface area contributed by atoms with E-state index < -0.39 is 48.5 Å². The van der Waals surface area contributed by atoms with Gasteiger partial charge in [-0.3, -0.25) is 4.79 Å². The van der Waals surface area contributed by atoms with Crippen molar-refractivity contribution >= 4 is 5.78 Å². The molecular weight excluding hydrogens is 280 g/mol. The van der Waals surface area contributed by atoms with E-state index in [0.717, 1.165) is 0 Å². The minimum absolute atomic E-state index is 0.411. The number of ether oxygens (including phenoxy) is 2. The molecule has 0 aromatic heterocycles. The van der Waals surface area contributed by atoms with Crippen LogP contribution in [0.1, 0.15) is 34.1 Å². The zero-order chi connectivity index (χ0) is 15.8. The average molecular weight is 300 g/mol. The van der Waals surface area contributed by atoms with E-state index in [1.807, 2.05) is 13.8 Å². The maximum absolute atomic E-state index is 12.6. The molecule has 0 radical (unpaired) electrons. The van der Waals surface area contributed by atoms with Gasteiger partial charge in [-0.05, 0) is 34.1 Å². The lowest BCUT2D eigenvalue weighted by atomic mass is 9.84. The Morgan fingerprint density at radius 3 is 2.30 bits per heavy atom. The molecule has 1 fully saturated rings. The summed E-state index contributed by atoms with van der Waals surface area (Å²) in [5.74, 6) is -5.15. The minimum atomic E-state index is -4.23. The lowest BCUT2D eigenvalue weighted by Crippen LogP contribution is -2.37. The van der Waals surface area contributed by atoms with Crippen LogP contribution in [0.4, 0.5) is 17.6 Å². The van der Waals surface area contributed by atoms with Crippen LogP contribution in [0.25, 0.3) is 0 Å². The Hall–Kier alpha value is -0.690. The summed E-state index contributed by atoms with van der Waals surface area (Å²) in [6.45, 7) is 5.04. The SMILES string of the molecule is CC1(C)CC(C(=O)COCC(F)(F)C(F)F)C(C)(C)O1. The first-order valence-corrected chi connectivity index (χ1v) is 6.34. The van der Waals surface area contributed by atoms with Gasteiger partial charge in [0, 0.05) is 0 Å². The Bertz CT molecular complexity index is 367. The molecule has 0 amide bonds. The number of ketones is 1. The molecule has 0 bridgehead atoms. The number of hydrogen-bond donors (Lipinski definition) is 0. The van der Waals surface area contributed by atoms with Gasteiger partial charge < -0.3 is 9.47 Å². The summed E-state index contributed by atoms with van der Waals surface area (Å²) in [6, 6.07) is 0. The molecule has 0 saturated carbocycles. The van der Waals surface area contributed by atoms with E-state index in [2.05, 4.69) is 4.74 Å². The number of alkyl halides is 4. The molecule has 20 heavy (non-hydrogen) atoms. The third kappa shape index (κ3) is 4.15. The van der Waals surface area contributed by atoms with Crippen molar-refractivity contribution in [1.82, 2.24) is 0 Å². The maximum Gasteiger partial charge on any atom is 0.330 e. The highest BCUT2D eigenvalue weighted by Crippen LogP contribution is 2.42. The van der Waals surface area contributed by atoms with Crippen molar-refractivity contribution in [2.75, 3.05) is 13.2 Å². The number of rotatable bonds is 6. The number of carbonyl (C=O) groups is 1. The molecule has 1 heterocycles. The standard InChI is InChI=1S/C13H20F4O3/c1-11(2)5-8(12(3,4)20-11)9(18)6-19-7-13(16,17)10(14)15/h8,10H,5-7H2,1-4H3. The van der Waals surface area contributed by atoms with Crippen molar-refractivity contribution in [1.29, 1.82) is 0 Å².